The number of anilines is 2. The van der Waals surface area contributed by atoms with Crippen molar-refractivity contribution in [2.24, 2.45) is 0 Å². The van der Waals surface area contributed by atoms with E-state index in [4.69, 9.17) is 0 Å². The van der Waals surface area contributed by atoms with E-state index in [2.05, 4.69) is 82.0 Å². The Bertz CT molecular complexity index is 1780. The zero-order chi connectivity index (χ0) is 33.3. The summed E-state index contributed by atoms with van der Waals surface area (Å²) in [6, 6.07) is 23.6. The first-order valence-electron chi connectivity index (χ1n) is 15.6. The Morgan fingerprint density at radius 2 is 1.11 bits per heavy atom. The minimum atomic E-state index is -5.68. The Balaban J connectivity index is 0.000000184. The van der Waals surface area contributed by atoms with Crippen molar-refractivity contribution < 1.29 is 25.8 Å². The van der Waals surface area contributed by atoms with Gasteiger partial charge in [-0.3, -0.25) is 0 Å². The van der Waals surface area contributed by atoms with Crippen LogP contribution in [0.2, 0.25) is 14.8 Å². The number of rotatable bonds is 5. The van der Waals surface area contributed by atoms with Crippen molar-refractivity contribution in [3.63, 3.8) is 0 Å². The second-order valence-corrected chi connectivity index (χ2v) is 29.2. The molecule has 2 heterocycles. The Morgan fingerprint density at radius 3 is 1.57 bits per heavy atom. The van der Waals surface area contributed by atoms with Crippen molar-refractivity contribution in [1.82, 2.24) is 9.80 Å². The maximum absolute atomic E-state index is 12.5. The molecule has 7 nitrogen and oxygen atoms in total. The molecule has 2 aliphatic heterocycles. The monoisotopic (exact) mass is 764 g/mol. The van der Waals surface area contributed by atoms with E-state index >= 15 is 0 Å². The molecule has 0 atom stereocenters. The number of alkyl halides is 3. The standard InChI is InChI=1S/C16H17F3N2O3S.C15H17N2.3CH3.Sn/c1-20-7-9-21(10-8-20)15-4-2-3-12-5-6-13(11-14(12)15)24-25(22,23)16(17,18)19;1-16-9-11-17(12-10-16)15-8-4-6-13-5-2-3-7-14(13)15;;;;/h2-6,11H,7-10H2,1H3;2,4-8H,9-12H2,1H3;3*1H3;. The number of hydrogen-bond donors (Lipinski definition) is 0. The molecule has 0 aromatic heterocycles. The molecule has 0 spiro atoms. The van der Waals surface area contributed by atoms with Gasteiger partial charge in [0.15, 0.2) is 0 Å². The zero-order valence-corrected chi connectivity index (χ0v) is 30.8. The first kappa shape index (κ1) is 34.6. The molecule has 2 aliphatic rings. The first-order valence-corrected chi connectivity index (χ1v) is 27.0. The second-order valence-electron chi connectivity index (χ2n) is 13.2. The topological polar surface area (TPSA) is 56.3 Å². The second kappa shape index (κ2) is 13.8. The molecule has 4 aromatic carbocycles. The van der Waals surface area contributed by atoms with Crippen LogP contribution in [-0.4, -0.2) is 109 Å². The molecule has 4 aromatic rings. The normalized spacial score (nSPS) is 17.2. The summed E-state index contributed by atoms with van der Waals surface area (Å²) in [5.74, 6) is -0.355. The number of benzene rings is 4. The van der Waals surface area contributed by atoms with E-state index in [1.165, 1.54) is 28.6 Å². The van der Waals surface area contributed by atoms with Crippen LogP contribution in [0.5, 0.6) is 5.75 Å². The Labute approximate surface area is 274 Å². The molecule has 0 bridgehead atoms. The van der Waals surface area contributed by atoms with Crippen molar-refractivity contribution in [2.45, 2.75) is 20.3 Å². The van der Waals surface area contributed by atoms with Crippen LogP contribution in [-0.2, 0) is 10.1 Å². The average molecular weight is 764 g/mol. The van der Waals surface area contributed by atoms with Gasteiger partial charge in [0.25, 0.3) is 0 Å². The predicted octanol–water partition coefficient (Wildman–Crippen LogP) is 5.96. The predicted molar refractivity (Wildman–Crippen MR) is 186 cm³/mol. The fraction of sp³-hybridized carbons (Fsp3) is 0.412. The number of halogens is 3. The van der Waals surface area contributed by atoms with Crippen LogP contribution in [0.3, 0.4) is 0 Å². The summed E-state index contributed by atoms with van der Waals surface area (Å²) in [4.78, 5) is 16.8. The van der Waals surface area contributed by atoms with E-state index in [-0.39, 0.29) is 5.75 Å². The minimum absolute atomic E-state index is 0.355. The van der Waals surface area contributed by atoms with E-state index in [1.54, 1.807) is 9.65 Å². The smallest absolute Gasteiger partial charge is 0.376 e. The average Bonchev–Trinajstić information content (AvgIpc) is 3.00. The Kier molecular flexibility index (Phi) is 10.4. The summed E-state index contributed by atoms with van der Waals surface area (Å²) >= 11 is -2.01. The zero-order valence-electron chi connectivity index (χ0n) is 27.1. The Hall–Kier alpha value is -2.74. The van der Waals surface area contributed by atoms with Crippen LogP contribution >= 0.6 is 0 Å². The van der Waals surface area contributed by atoms with Gasteiger partial charge < -0.3 is 14.0 Å². The van der Waals surface area contributed by atoms with Gasteiger partial charge in [0.05, 0.1) is 0 Å². The van der Waals surface area contributed by atoms with E-state index in [9.17, 15) is 21.6 Å². The van der Waals surface area contributed by atoms with E-state index < -0.39 is 34.0 Å². The van der Waals surface area contributed by atoms with Gasteiger partial charge in [-0.1, -0.05) is 18.2 Å². The molecular weight excluding hydrogens is 720 g/mol. The quantitative estimate of drug-likeness (QED) is 0.142. The van der Waals surface area contributed by atoms with Gasteiger partial charge in [0.1, 0.15) is 5.75 Å². The van der Waals surface area contributed by atoms with Crippen LogP contribution in [0.15, 0.2) is 72.8 Å². The molecule has 0 amide bonds. The molecule has 0 unspecified atom stereocenters. The van der Waals surface area contributed by atoms with Crippen LogP contribution in [0.1, 0.15) is 0 Å². The van der Waals surface area contributed by atoms with Gasteiger partial charge >= 0.3 is 148 Å². The van der Waals surface area contributed by atoms with Crippen molar-refractivity contribution >= 4 is 65.0 Å². The molecule has 12 heteroatoms. The number of nitrogens with zero attached hydrogens (tertiary/aromatic N) is 4. The van der Waals surface area contributed by atoms with Gasteiger partial charge in [0.2, 0.25) is 0 Å². The van der Waals surface area contributed by atoms with Crippen LogP contribution in [0, 0.1) is 0 Å². The van der Waals surface area contributed by atoms with Crippen molar-refractivity contribution in [3.05, 3.63) is 72.8 Å². The summed E-state index contributed by atoms with van der Waals surface area (Å²) in [6.45, 7) is 7.90. The summed E-state index contributed by atoms with van der Waals surface area (Å²) in [6.07, 6.45) is 0. The molecule has 2 saturated heterocycles. The van der Waals surface area contributed by atoms with Crippen molar-refractivity contribution in [3.8, 4) is 5.75 Å². The van der Waals surface area contributed by atoms with Gasteiger partial charge in [-0.25, -0.2) is 0 Å². The third-order valence-corrected chi connectivity index (χ3v) is 15.5. The first-order chi connectivity index (χ1) is 21.6. The molecule has 248 valence electrons. The molecule has 46 heavy (non-hydrogen) atoms. The minimum Gasteiger partial charge on any atom is -0.376 e. The molecule has 0 saturated carbocycles. The van der Waals surface area contributed by atoms with Gasteiger partial charge in [0, 0.05) is 37.3 Å². The van der Waals surface area contributed by atoms with Crippen LogP contribution < -0.4 is 17.6 Å². The van der Waals surface area contributed by atoms with Gasteiger partial charge in [-0.15, -0.1) is 0 Å². The molecule has 2 fully saturated rings. The van der Waals surface area contributed by atoms with E-state index in [0.717, 1.165) is 63.4 Å². The van der Waals surface area contributed by atoms with Gasteiger partial charge in [-0.05, 0) is 30.6 Å². The third kappa shape index (κ3) is 8.03. The van der Waals surface area contributed by atoms with Crippen LogP contribution in [0.4, 0.5) is 24.5 Å². The van der Waals surface area contributed by atoms with E-state index in [1.807, 2.05) is 25.2 Å². The molecule has 6 rings (SSSR count). The molecule has 0 aliphatic carbocycles. The summed E-state index contributed by atoms with van der Waals surface area (Å²) < 4.78 is 65.9. The van der Waals surface area contributed by atoms with E-state index in [0.29, 0.717) is 5.39 Å². The summed E-state index contributed by atoms with van der Waals surface area (Å²) in [5.41, 5.74) is -3.18. The Morgan fingerprint density at radius 1 is 0.652 bits per heavy atom. The largest absolute Gasteiger partial charge is 0.534 e. The van der Waals surface area contributed by atoms with Crippen LogP contribution in [0.25, 0.3) is 21.5 Å². The third-order valence-electron chi connectivity index (χ3n) is 8.73. The number of piperazine rings is 2. The molecule has 0 N–H and O–H groups in total. The summed E-state index contributed by atoms with van der Waals surface area (Å²) in [5, 5.41) is 4.28. The number of fused-ring (bicyclic) bond motifs is 2. The number of likely N-dealkylation sites (N-methyl/N-ethyl adjacent to an activating group) is 2. The fourth-order valence-corrected chi connectivity index (χ4v) is 9.59. The molecular formula is C34H43F3N4O3SSn. The maximum atomic E-state index is 12.5. The van der Waals surface area contributed by atoms with Gasteiger partial charge in [-0.2, -0.15) is 21.6 Å². The SMILES string of the molecule is CN1CCN(c2cccc3cc[c]([Sn]([CH3])([CH3])[CH3])cc23)CC1.CN1CCN(c2cccc3ccc(OS(=O)(=O)C(F)(F)F)cc23)CC1. The van der Waals surface area contributed by atoms with Crippen molar-refractivity contribution in [2.75, 3.05) is 76.3 Å². The summed E-state index contributed by atoms with van der Waals surface area (Å²) in [7, 11) is -1.45. The van der Waals surface area contributed by atoms with Crippen molar-refractivity contribution in [1.29, 1.82) is 0 Å². The maximum Gasteiger partial charge on any atom is 0.534 e. The molecule has 0 radical (unpaired) electrons. The fourth-order valence-electron chi connectivity index (χ4n) is 5.83. The number of hydrogen-bond acceptors (Lipinski definition) is 7.